The maximum Gasteiger partial charge on any atom is 0.0494 e. The average Bonchev–Trinajstić information content (AvgIpc) is 2.54. The molecule has 2 aromatic rings. The van der Waals surface area contributed by atoms with Gasteiger partial charge >= 0.3 is 0 Å². The van der Waals surface area contributed by atoms with Crippen LogP contribution in [0.3, 0.4) is 0 Å². The zero-order valence-corrected chi connectivity index (χ0v) is 13.1. The van der Waals surface area contributed by atoms with Crippen LogP contribution in [0.1, 0.15) is 32.4 Å². The van der Waals surface area contributed by atoms with Gasteiger partial charge in [-0.2, -0.15) is 0 Å². The van der Waals surface area contributed by atoms with Crippen molar-refractivity contribution in [2.24, 2.45) is 5.41 Å². The second-order valence-electron chi connectivity index (χ2n) is 6.41. The molecule has 2 aromatic carbocycles. The Balaban J connectivity index is 2.02. The minimum Gasteiger partial charge on any atom is -0.396 e. The normalized spacial score (nSPS) is 13.1. The first-order valence-electron chi connectivity index (χ1n) is 7.51. The van der Waals surface area contributed by atoms with Crippen LogP contribution in [-0.2, 0) is 0 Å². The van der Waals surface area contributed by atoms with Gasteiger partial charge in [-0.25, -0.2) is 0 Å². The minimum absolute atomic E-state index is 0.0851. The fourth-order valence-corrected chi connectivity index (χ4v) is 2.20. The van der Waals surface area contributed by atoms with Gasteiger partial charge in [0.25, 0.3) is 0 Å². The molecule has 2 N–H and O–H groups in total. The van der Waals surface area contributed by atoms with Gasteiger partial charge in [0, 0.05) is 24.6 Å². The quantitative estimate of drug-likeness (QED) is 0.839. The van der Waals surface area contributed by atoms with Gasteiger partial charge in [0.1, 0.15) is 0 Å². The van der Waals surface area contributed by atoms with E-state index in [0.29, 0.717) is 0 Å². The summed E-state index contributed by atoms with van der Waals surface area (Å²) in [6, 6.07) is 19.4. The molecule has 2 heteroatoms. The maximum absolute atomic E-state index is 9.30. The van der Waals surface area contributed by atoms with Crippen molar-refractivity contribution in [2.75, 3.05) is 13.2 Å². The van der Waals surface area contributed by atoms with Gasteiger partial charge in [-0.1, -0.05) is 68.4 Å². The first kappa shape index (κ1) is 15.7. The number of benzene rings is 2. The lowest BCUT2D eigenvalue weighted by Gasteiger charge is -2.25. The molecule has 0 heterocycles. The van der Waals surface area contributed by atoms with E-state index in [-0.39, 0.29) is 18.1 Å². The monoisotopic (exact) mass is 283 g/mol. The molecule has 0 bridgehead atoms. The zero-order chi connectivity index (χ0) is 15.3. The molecule has 112 valence electrons. The van der Waals surface area contributed by atoms with Crippen LogP contribution in [0.5, 0.6) is 0 Å². The van der Waals surface area contributed by atoms with Crippen LogP contribution in [0, 0.1) is 5.41 Å². The smallest absolute Gasteiger partial charge is 0.0494 e. The van der Waals surface area contributed by atoms with E-state index < -0.39 is 0 Å². The molecule has 0 amide bonds. The fraction of sp³-hybridized carbons (Fsp3) is 0.368. The Kier molecular flexibility index (Phi) is 5.16. The Morgan fingerprint density at radius 1 is 0.952 bits per heavy atom. The molecule has 0 aliphatic rings. The number of aliphatic hydroxyl groups excluding tert-OH is 1. The van der Waals surface area contributed by atoms with Gasteiger partial charge in [-0.3, -0.25) is 0 Å². The Labute approximate surface area is 127 Å². The van der Waals surface area contributed by atoms with Crippen molar-refractivity contribution in [1.82, 2.24) is 5.32 Å². The summed E-state index contributed by atoms with van der Waals surface area (Å²) < 4.78 is 0. The summed E-state index contributed by atoms with van der Waals surface area (Å²) in [7, 11) is 0. The third kappa shape index (κ3) is 4.42. The van der Waals surface area contributed by atoms with Crippen molar-refractivity contribution in [1.29, 1.82) is 0 Å². The van der Waals surface area contributed by atoms with Crippen LogP contribution in [0.2, 0.25) is 0 Å². The maximum atomic E-state index is 9.30. The van der Waals surface area contributed by atoms with Crippen LogP contribution < -0.4 is 5.32 Å². The molecule has 0 saturated carbocycles. The molecule has 0 radical (unpaired) electrons. The summed E-state index contributed by atoms with van der Waals surface area (Å²) in [5, 5.41) is 12.8. The molecule has 21 heavy (non-hydrogen) atoms. The average molecular weight is 283 g/mol. The summed E-state index contributed by atoms with van der Waals surface area (Å²) in [6.07, 6.45) is 0. The van der Waals surface area contributed by atoms with Crippen molar-refractivity contribution in [2.45, 2.75) is 26.8 Å². The Morgan fingerprint density at radius 3 is 2.10 bits per heavy atom. The molecule has 0 aromatic heterocycles. The predicted octanol–water partition coefficient (Wildman–Crippen LogP) is 4.02. The van der Waals surface area contributed by atoms with E-state index in [1.807, 2.05) is 6.07 Å². The van der Waals surface area contributed by atoms with Crippen molar-refractivity contribution in [3.63, 3.8) is 0 Å². The van der Waals surface area contributed by atoms with Crippen molar-refractivity contribution in [3.8, 4) is 11.1 Å². The summed E-state index contributed by atoms with van der Waals surface area (Å²) >= 11 is 0. The third-order valence-corrected chi connectivity index (χ3v) is 3.83. The topological polar surface area (TPSA) is 32.3 Å². The van der Waals surface area contributed by atoms with Crippen LogP contribution in [-0.4, -0.2) is 18.3 Å². The molecule has 0 aliphatic heterocycles. The van der Waals surface area contributed by atoms with E-state index in [9.17, 15) is 5.11 Å². The Morgan fingerprint density at radius 2 is 1.52 bits per heavy atom. The molecule has 0 saturated heterocycles. The fourth-order valence-electron chi connectivity index (χ4n) is 2.20. The number of rotatable bonds is 6. The van der Waals surface area contributed by atoms with E-state index in [1.165, 1.54) is 16.7 Å². The van der Waals surface area contributed by atoms with E-state index in [2.05, 4.69) is 74.6 Å². The summed E-state index contributed by atoms with van der Waals surface area (Å²) in [6.45, 7) is 7.27. The van der Waals surface area contributed by atoms with Gasteiger partial charge < -0.3 is 10.4 Å². The third-order valence-electron chi connectivity index (χ3n) is 3.83. The molecule has 2 rings (SSSR count). The lowest BCUT2D eigenvalue weighted by atomic mass is 9.94. The highest BCUT2D eigenvalue weighted by molar-refractivity contribution is 5.63. The van der Waals surface area contributed by atoms with E-state index >= 15 is 0 Å². The van der Waals surface area contributed by atoms with Gasteiger partial charge in [0.15, 0.2) is 0 Å². The van der Waals surface area contributed by atoms with Gasteiger partial charge in [0.2, 0.25) is 0 Å². The standard InChI is InChI=1S/C19H25NO/c1-15(20-13-19(2,3)14-21)16-9-11-18(12-10-16)17-7-5-4-6-8-17/h4-12,15,20-21H,13-14H2,1-3H3. The molecule has 2 nitrogen and oxygen atoms in total. The summed E-state index contributed by atoms with van der Waals surface area (Å²) in [4.78, 5) is 0. The molecule has 1 atom stereocenters. The Bertz CT molecular complexity index is 546. The second kappa shape index (κ2) is 6.88. The van der Waals surface area contributed by atoms with Crippen LogP contribution in [0.4, 0.5) is 0 Å². The Hall–Kier alpha value is -1.64. The van der Waals surface area contributed by atoms with Crippen LogP contribution in [0.15, 0.2) is 54.6 Å². The number of nitrogens with one attached hydrogen (secondary N) is 1. The van der Waals surface area contributed by atoms with Gasteiger partial charge in [-0.15, -0.1) is 0 Å². The highest BCUT2D eigenvalue weighted by Gasteiger charge is 2.17. The summed E-state index contributed by atoms with van der Waals surface area (Å²) in [5.74, 6) is 0. The number of aliphatic hydroxyl groups is 1. The number of hydrogen-bond acceptors (Lipinski definition) is 2. The predicted molar refractivity (Wildman–Crippen MR) is 89.2 cm³/mol. The van der Waals surface area contributed by atoms with E-state index in [4.69, 9.17) is 0 Å². The molecular weight excluding hydrogens is 258 g/mol. The summed E-state index contributed by atoms with van der Waals surface area (Å²) in [5.41, 5.74) is 3.66. The molecule has 0 fully saturated rings. The van der Waals surface area contributed by atoms with Crippen molar-refractivity contribution < 1.29 is 5.11 Å². The minimum atomic E-state index is -0.0851. The van der Waals surface area contributed by atoms with Gasteiger partial charge in [-0.05, 0) is 23.6 Å². The lowest BCUT2D eigenvalue weighted by molar-refractivity contribution is 0.154. The van der Waals surface area contributed by atoms with Crippen molar-refractivity contribution in [3.05, 3.63) is 60.2 Å². The van der Waals surface area contributed by atoms with E-state index in [1.54, 1.807) is 0 Å². The van der Waals surface area contributed by atoms with Crippen molar-refractivity contribution >= 4 is 0 Å². The van der Waals surface area contributed by atoms with E-state index in [0.717, 1.165) is 6.54 Å². The molecule has 1 unspecified atom stereocenters. The second-order valence-corrected chi connectivity index (χ2v) is 6.41. The molecular formula is C19H25NO. The van der Waals surface area contributed by atoms with Gasteiger partial charge in [0.05, 0.1) is 0 Å². The number of hydrogen-bond donors (Lipinski definition) is 2. The first-order chi connectivity index (χ1) is 10.0. The lowest BCUT2D eigenvalue weighted by Crippen LogP contribution is -2.33. The van der Waals surface area contributed by atoms with Crippen LogP contribution >= 0.6 is 0 Å². The van der Waals surface area contributed by atoms with Crippen LogP contribution in [0.25, 0.3) is 11.1 Å². The largest absolute Gasteiger partial charge is 0.396 e. The molecule has 0 spiro atoms. The SMILES string of the molecule is CC(NCC(C)(C)CO)c1ccc(-c2ccccc2)cc1. The highest BCUT2D eigenvalue weighted by atomic mass is 16.3. The molecule has 0 aliphatic carbocycles. The zero-order valence-electron chi connectivity index (χ0n) is 13.1. The first-order valence-corrected chi connectivity index (χ1v) is 7.51. The highest BCUT2D eigenvalue weighted by Crippen LogP contribution is 2.22.